The third-order valence-electron chi connectivity index (χ3n) is 4.05. The van der Waals surface area contributed by atoms with Crippen LogP contribution < -0.4 is 15.4 Å². The fourth-order valence-corrected chi connectivity index (χ4v) is 2.57. The number of ether oxygens (including phenoxy) is 1. The van der Waals surface area contributed by atoms with Gasteiger partial charge in [0.05, 0.1) is 7.11 Å². The van der Waals surface area contributed by atoms with Crippen molar-refractivity contribution in [3.63, 3.8) is 0 Å². The van der Waals surface area contributed by atoms with E-state index in [1.54, 1.807) is 7.11 Å². The zero-order chi connectivity index (χ0) is 17.8. The zero-order valence-electron chi connectivity index (χ0n) is 14.9. The summed E-state index contributed by atoms with van der Waals surface area (Å²) < 4.78 is 5.26. The second-order valence-electron chi connectivity index (χ2n) is 5.92. The van der Waals surface area contributed by atoms with E-state index in [0.29, 0.717) is 5.82 Å². The van der Waals surface area contributed by atoms with Crippen molar-refractivity contribution in [1.29, 1.82) is 0 Å². The van der Waals surface area contributed by atoms with Crippen LogP contribution in [0.15, 0.2) is 48.5 Å². The van der Waals surface area contributed by atoms with E-state index in [9.17, 15) is 0 Å². The first-order chi connectivity index (χ1) is 12.0. The Balaban J connectivity index is 1.86. The van der Waals surface area contributed by atoms with Crippen molar-refractivity contribution in [2.24, 2.45) is 0 Å². The minimum Gasteiger partial charge on any atom is -0.497 e. The number of nitrogens with zero attached hydrogens (tertiary/aromatic N) is 2. The zero-order valence-corrected chi connectivity index (χ0v) is 14.9. The number of methoxy groups -OCH3 is 1. The van der Waals surface area contributed by atoms with Crippen molar-refractivity contribution in [1.82, 2.24) is 9.97 Å². The van der Waals surface area contributed by atoms with Gasteiger partial charge in [-0.05, 0) is 50.1 Å². The fraction of sp³-hybridized carbons (Fsp3) is 0.200. The van der Waals surface area contributed by atoms with Gasteiger partial charge in [0, 0.05) is 23.5 Å². The van der Waals surface area contributed by atoms with Crippen LogP contribution in [-0.2, 0) is 0 Å². The molecule has 0 spiro atoms. The van der Waals surface area contributed by atoms with Crippen molar-refractivity contribution in [2.75, 3.05) is 17.7 Å². The number of anilines is 4. The van der Waals surface area contributed by atoms with Crippen molar-refractivity contribution in [3.8, 4) is 5.75 Å². The van der Waals surface area contributed by atoms with E-state index in [-0.39, 0.29) is 0 Å². The summed E-state index contributed by atoms with van der Waals surface area (Å²) in [6, 6.07) is 15.8. The molecule has 0 saturated carbocycles. The molecule has 2 N–H and O–H groups in total. The number of aromatic nitrogens is 2. The molecule has 25 heavy (non-hydrogen) atoms. The summed E-state index contributed by atoms with van der Waals surface area (Å²) in [5, 5.41) is 6.69. The minimum absolute atomic E-state index is 0.695. The monoisotopic (exact) mass is 334 g/mol. The van der Waals surface area contributed by atoms with E-state index in [4.69, 9.17) is 4.74 Å². The SMILES string of the molecule is COc1cccc(Nc2cc(Nc3cccc(C)c3C)nc(C)n2)c1. The lowest BCUT2D eigenvalue weighted by atomic mass is 10.1. The van der Waals surface area contributed by atoms with Crippen LogP contribution in [0, 0.1) is 20.8 Å². The van der Waals surface area contributed by atoms with Crippen molar-refractivity contribution < 1.29 is 4.74 Å². The van der Waals surface area contributed by atoms with Gasteiger partial charge in [-0.1, -0.05) is 18.2 Å². The molecule has 0 saturated heterocycles. The average molecular weight is 334 g/mol. The summed E-state index contributed by atoms with van der Waals surface area (Å²) in [5.41, 5.74) is 4.41. The lowest BCUT2D eigenvalue weighted by molar-refractivity contribution is 0.415. The molecule has 0 bridgehead atoms. The van der Waals surface area contributed by atoms with Crippen LogP contribution >= 0.6 is 0 Å². The Hall–Kier alpha value is -3.08. The lowest BCUT2D eigenvalue weighted by Gasteiger charge is -2.13. The Morgan fingerprint density at radius 1 is 0.840 bits per heavy atom. The highest BCUT2D eigenvalue weighted by Crippen LogP contribution is 2.25. The molecule has 128 valence electrons. The molecular formula is C20H22N4O. The van der Waals surface area contributed by atoms with Crippen LogP contribution in [0.1, 0.15) is 17.0 Å². The Bertz CT molecular complexity index is 893. The predicted octanol–water partition coefficient (Wildman–Crippen LogP) is 4.90. The molecule has 0 fully saturated rings. The highest BCUT2D eigenvalue weighted by Gasteiger charge is 2.06. The molecule has 2 aromatic carbocycles. The van der Waals surface area contributed by atoms with Crippen molar-refractivity contribution in [3.05, 3.63) is 65.5 Å². The molecule has 1 aromatic heterocycles. The molecule has 0 aliphatic rings. The summed E-state index contributed by atoms with van der Waals surface area (Å²) in [4.78, 5) is 8.95. The van der Waals surface area contributed by atoms with Crippen LogP contribution in [-0.4, -0.2) is 17.1 Å². The molecule has 0 atom stereocenters. The summed E-state index contributed by atoms with van der Waals surface area (Å²) in [5.74, 6) is 2.98. The largest absolute Gasteiger partial charge is 0.497 e. The van der Waals surface area contributed by atoms with Gasteiger partial charge in [0.25, 0.3) is 0 Å². The van der Waals surface area contributed by atoms with Crippen LogP contribution in [0.2, 0.25) is 0 Å². The second kappa shape index (κ2) is 7.21. The van der Waals surface area contributed by atoms with E-state index in [2.05, 4.69) is 46.6 Å². The maximum absolute atomic E-state index is 5.26. The van der Waals surface area contributed by atoms with E-state index in [1.807, 2.05) is 43.3 Å². The van der Waals surface area contributed by atoms with Gasteiger partial charge in [-0.3, -0.25) is 0 Å². The van der Waals surface area contributed by atoms with Gasteiger partial charge in [0.1, 0.15) is 23.2 Å². The first kappa shape index (κ1) is 16.8. The molecule has 0 amide bonds. The molecular weight excluding hydrogens is 312 g/mol. The first-order valence-electron chi connectivity index (χ1n) is 8.15. The molecule has 1 heterocycles. The van der Waals surface area contributed by atoms with Gasteiger partial charge in [-0.2, -0.15) is 0 Å². The van der Waals surface area contributed by atoms with Gasteiger partial charge in [-0.25, -0.2) is 9.97 Å². The molecule has 5 heteroatoms. The molecule has 0 aliphatic heterocycles. The van der Waals surface area contributed by atoms with Crippen molar-refractivity contribution in [2.45, 2.75) is 20.8 Å². The standard InChI is InChI=1S/C20H22N4O/c1-13-7-5-10-18(14(13)2)24-20-12-19(21-15(3)22-20)23-16-8-6-9-17(11-16)25-4/h5-12H,1-4H3,(H2,21,22,23,24). The lowest BCUT2D eigenvalue weighted by Crippen LogP contribution is -2.02. The van der Waals surface area contributed by atoms with Gasteiger partial charge in [-0.15, -0.1) is 0 Å². The molecule has 5 nitrogen and oxygen atoms in total. The summed E-state index contributed by atoms with van der Waals surface area (Å²) >= 11 is 0. The number of benzene rings is 2. The molecule has 0 aliphatic carbocycles. The third-order valence-corrected chi connectivity index (χ3v) is 4.05. The number of rotatable bonds is 5. The topological polar surface area (TPSA) is 59.1 Å². The van der Waals surface area contributed by atoms with Crippen LogP contribution in [0.5, 0.6) is 5.75 Å². The Kier molecular flexibility index (Phi) is 4.84. The van der Waals surface area contributed by atoms with Crippen LogP contribution in [0.25, 0.3) is 0 Å². The molecule has 3 aromatic rings. The number of hydrogen-bond acceptors (Lipinski definition) is 5. The quantitative estimate of drug-likeness (QED) is 0.695. The van der Waals surface area contributed by atoms with E-state index < -0.39 is 0 Å². The predicted molar refractivity (Wildman–Crippen MR) is 102 cm³/mol. The smallest absolute Gasteiger partial charge is 0.136 e. The number of nitrogens with one attached hydrogen (secondary N) is 2. The van der Waals surface area contributed by atoms with E-state index in [1.165, 1.54) is 11.1 Å². The third kappa shape index (κ3) is 4.07. The molecule has 3 rings (SSSR count). The van der Waals surface area contributed by atoms with E-state index in [0.717, 1.165) is 28.8 Å². The maximum Gasteiger partial charge on any atom is 0.136 e. The summed E-state index contributed by atoms with van der Waals surface area (Å²) in [6.07, 6.45) is 0. The fourth-order valence-electron chi connectivity index (χ4n) is 2.57. The Labute approximate surface area is 148 Å². The maximum atomic E-state index is 5.26. The molecule has 0 unspecified atom stereocenters. The van der Waals surface area contributed by atoms with Gasteiger partial charge >= 0.3 is 0 Å². The Morgan fingerprint density at radius 3 is 2.32 bits per heavy atom. The van der Waals surface area contributed by atoms with Crippen LogP contribution in [0.3, 0.4) is 0 Å². The van der Waals surface area contributed by atoms with Crippen molar-refractivity contribution >= 4 is 23.0 Å². The second-order valence-corrected chi connectivity index (χ2v) is 5.92. The highest BCUT2D eigenvalue weighted by molar-refractivity contribution is 5.66. The van der Waals surface area contributed by atoms with Gasteiger partial charge in [0.2, 0.25) is 0 Å². The van der Waals surface area contributed by atoms with Crippen LogP contribution in [0.4, 0.5) is 23.0 Å². The first-order valence-corrected chi connectivity index (χ1v) is 8.15. The number of aryl methyl sites for hydroxylation is 2. The van der Waals surface area contributed by atoms with Gasteiger partial charge in [0.15, 0.2) is 0 Å². The minimum atomic E-state index is 0.695. The molecule has 0 radical (unpaired) electrons. The average Bonchev–Trinajstić information content (AvgIpc) is 2.59. The summed E-state index contributed by atoms with van der Waals surface area (Å²) in [7, 11) is 1.65. The van der Waals surface area contributed by atoms with Gasteiger partial charge < -0.3 is 15.4 Å². The highest BCUT2D eigenvalue weighted by atomic mass is 16.5. The Morgan fingerprint density at radius 2 is 1.56 bits per heavy atom. The summed E-state index contributed by atoms with van der Waals surface area (Å²) in [6.45, 7) is 6.08. The van der Waals surface area contributed by atoms with E-state index >= 15 is 0 Å². The number of hydrogen-bond donors (Lipinski definition) is 2. The normalized spacial score (nSPS) is 10.4.